The van der Waals surface area contributed by atoms with Gasteiger partial charge < -0.3 is 20.4 Å². The fourth-order valence-corrected chi connectivity index (χ4v) is 6.47. The van der Waals surface area contributed by atoms with Crippen LogP contribution in [0.15, 0.2) is 51.6 Å². The Labute approximate surface area is 185 Å². The minimum atomic E-state index is -1.10. The van der Waals surface area contributed by atoms with Gasteiger partial charge in [0.25, 0.3) is 5.91 Å². The highest BCUT2D eigenvalue weighted by Gasteiger charge is 2.63. The third-order valence-corrected chi connectivity index (χ3v) is 8.36. The van der Waals surface area contributed by atoms with Crippen LogP contribution in [0, 0.1) is 10.8 Å². The molecule has 0 saturated carbocycles. The monoisotopic (exact) mass is 438 g/mol. The summed E-state index contributed by atoms with van der Waals surface area (Å²) in [6.07, 6.45) is 7.83. The van der Waals surface area contributed by atoms with Crippen molar-refractivity contribution in [2.24, 2.45) is 16.0 Å². The summed E-state index contributed by atoms with van der Waals surface area (Å²) in [4.78, 5) is 13.2. The van der Waals surface area contributed by atoms with E-state index >= 15 is 0 Å². The first kappa shape index (κ1) is 20.4. The molecule has 6 nitrogen and oxygen atoms in total. The van der Waals surface area contributed by atoms with E-state index in [-0.39, 0.29) is 5.91 Å². The van der Waals surface area contributed by atoms with E-state index in [9.17, 15) is 15.1 Å². The number of hydrogen-bond donors (Lipinski definition) is 3. The van der Waals surface area contributed by atoms with Gasteiger partial charge in [0.2, 0.25) is 0 Å². The first-order chi connectivity index (χ1) is 14.6. The highest BCUT2D eigenvalue weighted by Crippen LogP contribution is 2.62. The summed E-state index contributed by atoms with van der Waals surface area (Å²) in [7, 11) is 0. The summed E-state index contributed by atoms with van der Waals surface area (Å²) in [6.45, 7) is 8.41. The Balaban J connectivity index is 1.84. The van der Waals surface area contributed by atoms with E-state index in [1.807, 2.05) is 26.2 Å². The van der Waals surface area contributed by atoms with Crippen LogP contribution in [-0.4, -0.2) is 33.8 Å². The van der Waals surface area contributed by atoms with Gasteiger partial charge in [0, 0.05) is 15.7 Å². The number of aliphatic hydroxyl groups is 1. The van der Waals surface area contributed by atoms with Crippen LogP contribution in [0.4, 0.5) is 0 Å². The zero-order chi connectivity index (χ0) is 22.3. The molecule has 0 aromatic heterocycles. The highest BCUT2D eigenvalue weighted by molar-refractivity contribution is 8.03. The van der Waals surface area contributed by atoms with Gasteiger partial charge in [-0.15, -0.1) is 11.8 Å². The molecule has 2 heterocycles. The number of oxime groups is 1. The second-order valence-electron chi connectivity index (χ2n) is 9.45. The molecule has 3 unspecified atom stereocenters. The van der Waals surface area contributed by atoms with E-state index in [1.165, 1.54) is 17.3 Å². The fourth-order valence-electron chi connectivity index (χ4n) is 5.69. The summed E-state index contributed by atoms with van der Waals surface area (Å²) in [5.41, 5.74) is 2.90. The van der Waals surface area contributed by atoms with Crippen molar-refractivity contribution in [1.82, 2.24) is 5.32 Å². The molecule has 3 N–H and O–H groups in total. The molecule has 1 amide bonds. The van der Waals surface area contributed by atoms with Crippen LogP contribution in [0.25, 0.3) is 0 Å². The van der Waals surface area contributed by atoms with Crippen LogP contribution < -0.4 is 10.1 Å². The van der Waals surface area contributed by atoms with Crippen molar-refractivity contribution in [3.63, 3.8) is 0 Å². The summed E-state index contributed by atoms with van der Waals surface area (Å²) >= 11 is 1.52. The maximum absolute atomic E-state index is 12.3. The van der Waals surface area contributed by atoms with Gasteiger partial charge in [0.15, 0.2) is 11.8 Å². The van der Waals surface area contributed by atoms with E-state index in [1.54, 1.807) is 6.07 Å². The number of aliphatic hydroxyl groups excluding tert-OH is 1. The van der Waals surface area contributed by atoms with Crippen LogP contribution in [0.1, 0.15) is 55.4 Å². The molecule has 3 atom stereocenters. The van der Waals surface area contributed by atoms with Gasteiger partial charge >= 0.3 is 0 Å². The smallest absolute Gasteiger partial charge is 0.254 e. The second-order valence-corrected chi connectivity index (χ2v) is 10.3. The van der Waals surface area contributed by atoms with Gasteiger partial charge in [0.1, 0.15) is 11.5 Å². The van der Waals surface area contributed by atoms with E-state index < -0.39 is 22.7 Å². The lowest BCUT2D eigenvalue weighted by atomic mass is 9.52. The van der Waals surface area contributed by atoms with Crippen molar-refractivity contribution < 1.29 is 19.8 Å². The number of rotatable bonds is 1. The number of hydrogen-bond acceptors (Lipinski definition) is 6. The van der Waals surface area contributed by atoms with Gasteiger partial charge in [-0.05, 0) is 42.9 Å². The van der Waals surface area contributed by atoms with Crippen molar-refractivity contribution in [3.8, 4) is 5.75 Å². The Morgan fingerprint density at radius 2 is 2.00 bits per heavy atom. The van der Waals surface area contributed by atoms with E-state index in [4.69, 9.17) is 4.74 Å². The molecule has 0 saturated heterocycles. The van der Waals surface area contributed by atoms with Crippen LogP contribution in [0.2, 0.25) is 0 Å². The molecule has 162 valence electrons. The zero-order valence-corrected chi connectivity index (χ0v) is 19.1. The number of allylic oxidation sites excluding steroid dienone is 3. The van der Waals surface area contributed by atoms with E-state index in [0.717, 1.165) is 16.0 Å². The summed E-state index contributed by atoms with van der Waals surface area (Å²) in [5, 5.41) is 26.7. The third kappa shape index (κ3) is 2.33. The largest absolute Gasteiger partial charge is 0.477 e. The van der Waals surface area contributed by atoms with Crippen LogP contribution in [0.3, 0.4) is 0 Å². The fraction of sp³-hybridized carbons (Fsp3) is 0.417. The average Bonchev–Trinajstić information content (AvgIpc) is 3.00. The molecule has 5 rings (SSSR count). The van der Waals surface area contributed by atoms with Crippen molar-refractivity contribution in [2.75, 3.05) is 6.26 Å². The SMILES string of the molecule is CSC1=CC23Oc4c(ccc5c4C(O)NC5=O)CC2(C)C(C)=CC=C3C(C)(C)C1=NO. The van der Waals surface area contributed by atoms with Gasteiger partial charge in [-0.2, -0.15) is 0 Å². The molecule has 1 spiro atoms. The summed E-state index contributed by atoms with van der Waals surface area (Å²) in [6, 6.07) is 3.70. The maximum atomic E-state index is 12.3. The number of fused-ring (bicyclic) bond motifs is 3. The number of carbonyl (C=O) groups is 1. The molecule has 31 heavy (non-hydrogen) atoms. The topological polar surface area (TPSA) is 91.2 Å². The average molecular weight is 439 g/mol. The Morgan fingerprint density at radius 1 is 1.26 bits per heavy atom. The Morgan fingerprint density at radius 3 is 2.68 bits per heavy atom. The minimum absolute atomic E-state index is 0.297. The molecular formula is C24H26N2O4S. The molecule has 0 fully saturated rings. The number of amides is 1. The predicted octanol–water partition coefficient (Wildman–Crippen LogP) is 4.10. The third-order valence-electron chi connectivity index (χ3n) is 7.61. The number of thioether (sulfide) groups is 1. The van der Waals surface area contributed by atoms with Crippen LogP contribution in [-0.2, 0) is 6.42 Å². The molecule has 1 aromatic carbocycles. The van der Waals surface area contributed by atoms with E-state index in [0.29, 0.717) is 29.0 Å². The lowest BCUT2D eigenvalue weighted by molar-refractivity contribution is 0.00728. The second kappa shape index (κ2) is 6.26. The molecule has 4 aliphatic rings. The number of nitrogens with zero attached hydrogens (tertiary/aromatic N) is 1. The Bertz CT molecular complexity index is 1160. The van der Waals surface area contributed by atoms with Crippen LogP contribution in [0.5, 0.6) is 5.75 Å². The van der Waals surface area contributed by atoms with Crippen molar-refractivity contribution >= 4 is 23.4 Å². The molecule has 2 aliphatic heterocycles. The molecule has 0 bridgehead atoms. The normalized spacial score (nSPS) is 33.7. The lowest BCUT2D eigenvalue weighted by Crippen LogP contribution is -2.62. The lowest BCUT2D eigenvalue weighted by Gasteiger charge is -2.58. The quantitative estimate of drug-likeness (QED) is 0.454. The first-order valence-corrected chi connectivity index (χ1v) is 11.6. The molecule has 2 aliphatic carbocycles. The van der Waals surface area contributed by atoms with Gasteiger partial charge in [-0.25, -0.2) is 0 Å². The minimum Gasteiger partial charge on any atom is -0.477 e. The molecule has 7 heteroatoms. The number of ether oxygens (including phenoxy) is 1. The van der Waals surface area contributed by atoms with Crippen molar-refractivity contribution in [1.29, 1.82) is 0 Å². The number of nitrogens with one attached hydrogen (secondary N) is 1. The van der Waals surface area contributed by atoms with Gasteiger partial charge in [0.05, 0.1) is 11.1 Å². The maximum Gasteiger partial charge on any atom is 0.254 e. The van der Waals surface area contributed by atoms with Crippen molar-refractivity contribution in [2.45, 2.75) is 45.9 Å². The van der Waals surface area contributed by atoms with Crippen LogP contribution >= 0.6 is 11.8 Å². The summed E-state index contributed by atoms with van der Waals surface area (Å²) in [5.74, 6) is 0.271. The zero-order valence-electron chi connectivity index (χ0n) is 18.2. The molecular weight excluding hydrogens is 412 g/mol. The predicted molar refractivity (Wildman–Crippen MR) is 120 cm³/mol. The number of carbonyl (C=O) groups excluding carboxylic acids is 1. The van der Waals surface area contributed by atoms with E-state index in [2.05, 4.69) is 42.5 Å². The highest BCUT2D eigenvalue weighted by atomic mass is 32.2. The standard InChI is InChI=1S/C24H26N2O4S/c1-12-6-9-16-22(2,3)19(26-29)15(31-5)11-24(16)23(12,4)10-13-7-8-14-17(18(13)30-24)21(28)25-20(14)27/h6-9,11,21,28-29H,10H2,1-5H3,(H,25,27). The van der Waals surface area contributed by atoms with Crippen molar-refractivity contribution in [3.05, 3.63) is 63.1 Å². The number of benzene rings is 1. The molecule has 1 aromatic rings. The Kier molecular flexibility index (Phi) is 4.12. The first-order valence-electron chi connectivity index (χ1n) is 10.3. The van der Waals surface area contributed by atoms with Gasteiger partial charge in [-0.3, -0.25) is 4.79 Å². The Hall–Kier alpha value is -2.51. The molecule has 0 radical (unpaired) electrons. The van der Waals surface area contributed by atoms with Gasteiger partial charge in [-0.1, -0.05) is 49.7 Å². The summed E-state index contributed by atoms with van der Waals surface area (Å²) < 4.78 is 6.94.